The molecule has 4 bridgehead atoms. The maximum absolute atomic E-state index is 14.6. The molecule has 0 saturated heterocycles. The van der Waals surface area contributed by atoms with Crippen molar-refractivity contribution in [3.63, 3.8) is 0 Å². The van der Waals surface area contributed by atoms with Crippen molar-refractivity contribution in [3.8, 4) is 23.0 Å². The third-order valence-electron chi connectivity index (χ3n) is 8.99. The van der Waals surface area contributed by atoms with Crippen molar-refractivity contribution in [1.29, 1.82) is 0 Å². The summed E-state index contributed by atoms with van der Waals surface area (Å²) in [5, 5.41) is 21.5. The lowest BCUT2D eigenvalue weighted by Gasteiger charge is -2.41. The molecule has 5 N–H and O–H groups in total. The second kappa shape index (κ2) is 15.7. The fourth-order valence-electron chi connectivity index (χ4n) is 5.29. The molecule has 0 saturated carbocycles. The molecular weight excluding hydrogens is 685 g/mol. The molecule has 0 spiro atoms. The minimum absolute atomic E-state index is 0.00566. The second-order valence-corrected chi connectivity index (χ2v) is 19.8. The smallest absolute Gasteiger partial charge is 0.408 e. The lowest BCUT2D eigenvalue weighted by Crippen LogP contribution is -2.56. The number of carbonyl (C=O) groups is 4. The Kier molecular flexibility index (Phi) is 12.0. The number of phenols is 1. The van der Waals surface area contributed by atoms with Gasteiger partial charge in [-0.15, -0.1) is 0 Å². The van der Waals surface area contributed by atoms with E-state index in [1.807, 2.05) is 13.1 Å². The molecular formula is C38H50N4O9Si. The van der Waals surface area contributed by atoms with Crippen LogP contribution in [0.3, 0.4) is 0 Å². The van der Waals surface area contributed by atoms with E-state index in [1.54, 1.807) is 75.4 Å². The lowest BCUT2D eigenvalue weighted by molar-refractivity contribution is -0.133. The number of phenolic OH excluding ortho intramolecular Hbond substituents is 1. The van der Waals surface area contributed by atoms with Crippen LogP contribution < -0.4 is 30.7 Å². The van der Waals surface area contributed by atoms with E-state index in [-0.39, 0.29) is 27.9 Å². The molecule has 0 aliphatic carbocycles. The predicted molar refractivity (Wildman–Crippen MR) is 198 cm³/mol. The third-order valence-corrected chi connectivity index (χ3v) is 13.4. The summed E-state index contributed by atoms with van der Waals surface area (Å²) in [4.78, 5) is 55.7. The molecule has 4 atom stereocenters. The van der Waals surface area contributed by atoms with Gasteiger partial charge in [-0.1, -0.05) is 63.2 Å². The first kappa shape index (κ1) is 39.7. The summed E-state index contributed by atoms with van der Waals surface area (Å²) in [6.45, 7) is 15.3. The van der Waals surface area contributed by atoms with Crippen LogP contribution in [0, 0.1) is 0 Å². The van der Waals surface area contributed by atoms with E-state index in [1.165, 1.54) is 26.3 Å². The van der Waals surface area contributed by atoms with Crippen LogP contribution >= 0.6 is 0 Å². The van der Waals surface area contributed by atoms with Crippen LogP contribution in [0.2, 0.25) is 18.1 Å². The SMILES string of the molecule is CNC(=O)[C@H]1NC(=O)[C@H](c2ccccc2)NC(=O)[C@@H](NC(=O)OC(C)(C)C)[C@@H](O[Si](C)(C)C(C)(C)C)c2ccc(cc2)Oc2cc1cc(O)c2OC. The summed E-state index contributed by atoms with van der Waals surface area (Å²) in [5.74, 6) is -2.03. The van der Waals surface area contributed by atoms with Crippen molar-refractivity contribution in [2.75, 3.05) is 14.2 Å². The number of carbonyl (C=O) groups excluding carboxylic acids is 4. The fraction of sp³-hybridized carbons (Fsp3) is 0.421. The summed E-state index contributed by atoms with van der Waals surface area (Å²) in [6, 6.07) is 13.9. The fourth-order valence-corrected chi connectivity index (χ4v) is 6.55. The van der Waals surface area contributed by atoms with Crippen LogP contribution in [0.15, 0.2) is 66.7 Å². The number of aromatic hydroxyl groups is 1. The Balaban J connectivity index is 1.99. The summed E-state index contributed by atoms with van der Waals surface area (Å²) in [7, 11) is 0.0953. The Morgan fingerprint density at radius 3 is 2.06 bits per heavy atom. The quantitative estimate of drug-likeness (QED) is 0.193. The molecule has 2 heterocycles. The molecule has 0 fully saturated rings. The molecule has 0 radical (unpaired) electrons. The maximum atomic E-state index is 14.6. The lowest BCUT2D eigenvalue weighted by atomic mass is 9.99. The van der Waals surface area contributed by atoms with Crippen molar-refractivity contribution >= 4 is 32.1 Å². The van der Waals surface area contributed by atoms with Crippen molar-refractivity contribution in [2.24, 2.45) is 0 Å². The van der Waals surface area contributed by atoms with Crippen LogP contribution in [0.4, 0.5) is 4.79 Å². The molecule has 3 aromatic carbocycles. The van der Waals surface area contributed by atoms with Gasteiger partial charge >= 0.3 is 6.09 Å². The molecule has 5 rings (SSSR count). The summed E-state index contributed by atoms with van der Waals surface area (Å²) < 4.78 is 24.1. The van der Waals surface area contributed by atoms with Gasteiger partial charge in [0.2, 0.25) is 23.5 Å². The number of hydrogen-bond acceptors (Lipinski definition) is 9. The zero-order valence-corrected chi connectivity index (χ0v) is 32.4. The van der Waals surface area contributed by atoms with Crippen LogP contribution in [-0.4, -0.2) is 63.0 Å². The highest BCUT2D eigenvalue weighted by Gasteiger charge is 2.44. The van der Waals surface area contributed by atoms with Gasteiger partial charge in [0.1, 0.15) is 29.5 Å². The maximum Gasteiger partial charge on any atom is 0.408 e. The second-order valence-electron chi connectivity index (χ2n) is 15.1. The van der Waals surface area contributed by atoms with Crippen molar-refractivity contribution in [2.45, 2.75) is 89.5 Å². The van der Waals surface area contributed by atoms with Gasteiger partial charge in [0.25, 0.3) is 0 Å². The van der Waals surface area contributed by atoms with E-state index < -0.39 is 62.0 Å². The molecule has 0 unspecified atom stereocenters. The van der Waals surface area contributed by atoms with E-state index in [2.05, 4.69) is 42.0 Å². The Morgan fingerprint density at radius 2 is 1.50 bits per heavy atom. The standard InChI is InChI=1S/C38H50N4O9Si/c1-37(2,3)50-36(47)42-30-31(51-52(9,10)38(4,5)6)23-16-18-25(19-17-23)49-27-21-24(20-26(43)32(27)48-8)29(33(44)39-7)41-34(45)28(40-35(30)46)22-14-12-11-13-15-22/h11-21,28-31,43H,1-10H3,(H,39,44)(H,40,46)(H,41,45)(H,42,47)/t28-,29-,30-,31-/m0/s1. The number of hydrogen-bond donors (Lipinski definition) is 5. The highest BCUT2D eigenvalue weighted by molar-refractivity contribution is 6.74. The van der Waals surface area contributed by atoms with Crippen LogP contribution in [0.5, 0.6) is 23.0 Å². The largest absolute Gasteiger partial charge is 0.504 e. The number of rotatable bonds is 6. The van der Waals surface area contributed by atoms with Crippen LogP contribution in [0.25, 0.3) is 0 Å². The third kappa shape index (κ3) is 9.42. The van der Waals surface area contributed by atoms with Crippen LogP contribution in [0.1, 0.15) is 76.4 Å². The van der Waals surface area contributed by atoms with Gasteiger partial charge in [0.15, 0.2) is 19.8 Å². The van der Waals surface area contributed by atoms with E-state index >= 15 is 0 Å². The van der Waals surface area contributed by atoms with Gasteiger partial charge in [0, 0.05) is 7.05 Å². The Morgan fingerprint density at radius 1 is 0.865 bits per heavy atom. The Bertz CT molecular complexity index is 1770. The van der Waals surface area contributed by atoms with Gasteiger partial charge < -0.3 is 45.0 Å². The highest BCUT2D eigenvalue weighted by atomic mass is 28.4. The Hall–Kier alpha value is -5.08. The van der Waals surface area contributed by atoms with E-state index in [4.69, 9.17) is 18.6 Å². The van der Waals surface area contributed by atoms with Crippen molar-refractivity contribution in [1.82, 2.24) is 21.3 Å². The van der Waals surface area contributed by atoms with Gasteiger partial charge in [-0.3, -0.25) is 14.4 Å². The number of benzene rings is 3. The highest BCUT2D eigenvalue weighted by Crippen LogP contribution is 2.43. The number of nitrogens with one attached hydrogen (secondary N) is 4. The first-order valence-electron chi connectivity index (χ1n) is 17.0. The van der Waals surface area contributed by atoms with Gasteiger partial charge in [-0.05, 0) is 79.9 Å². The predicted octanol–water partition coefficient (Wildman–Crippen LogP) is 5.92. The van der Waals surface area contributed by atoms with Crippen LogP contribution in [-0.2, 0) is 23.5 Å². The van der Waals surface area contributed by atoms with E-state index in [0.717, 1.165) is 0 Å². The average Bonchev–Trinajstić information content (AvgIpc) is 3.06. The summed E-state index contributed by atoms with van der Waals surface area (Å²) in [6.07, 6.45) is -1.92. The molecule has 0 aromatic heterocycles. The molecule has 13 nitrogen and oxygen atoms in total. The monoisotopic (exact) mass is 734 g/mol. The number of methoxy groups -OCH3 is 1. The van der Waals surface area contributed by atoms with Crippen molar-refractivity contribution < 1.29 is 42.9 Å². The van der Waals surface area contributed by atoms with Crippen molar-refractivity contribution in [3.05, 3.63) is 83.4 Å². The molecule has 2 aliphatic rings. The van der Waals surface area contributed by atoms with Gasteiger partial charge in [-0.25, -0.2) is 4.79 Å². The minimum Gasteiger partial charge on any atom is -0.504 e. The number of ether oxygens (including phenoxy) is 3. The molecule has 280 valence electrons. The zero-order chi connectivity index (χ0) is 38.6. The minimum atomic E-state index is -2.67. The molecule has 2 aliphatic heterocycles. The molecule has 14 heteroatoms. The number of likely N-dealkylation sites (N-methyl/N-ethyl adjacent to an activating group) is 1. The normalized spacial score (nSPS) is 19.8. The first-order chi connectivity index (χ1) is 24.2. The summed E-state index contributed by atoms with van der Waals surface area (Å²) in [5.41, 5.74) is 0.217. The number of alkyl carbamates (subject to hydrolysis) is 1. The van der Waals surface area contributed by atoms with Gasteiger partial charge in [-0.2, -0.15) is 0 Å². The summed E-state index contributed by atoms with van der Waals surface area (Å²) >= 11 is 0. The molecule has 3 aromatic rings. The van der Waals surface area contributed by atoms with Gasteiger partial charge in [0.05, 0.1) is 13.2 Å². The average molecular weight is 735 g/mol. The topological polar surface area (TPSA) is 174 Å². The number of amides is 4. The number of fused-ring (bicyclic) bond motifs is 9. The first-order valence-corrected chi connectivity index (χ1v) is 19.9. The zero-order valence-electron chi connectivity index (χ0n) is 31.4. The Labute approximate surface area is 305 Å². The van der Waals surface area contributed by atoms with E-state index in [0.29, 0.717) is 16.9 Å². The molecule has 4 amide bonds. The molecule has 52 heavy (non-hydrogen) atoms. The van der Waals surface area contributed by atoms with E-state index in [9.17, 15) is 24.3 Å².